The van der Waals surface area contributed by atoms with Crippen LogP contribution in [0.25, 0.3) is 0 Å². The van der Waals surface area contributed by atoms with Crippen LogP contribution in [0.1, 0.15) is 19.3 Å². The van der Waals surface area contributed by atoms with Gasteiger partial charge in [0.25, 0.3) is 0 Å². The van der Waals surface area contributed by atoms with E-state index in [1.165, 1.54) is 12.6 Å². The molecule has 1 aromatic carbocycles. The number of piperidine rings is 1. The molecule has 0 amide bonds. The Kier molecular flexibility index (Phi) is 6.29. The van der Waals surface area contributed by atoms with Gasteiger partial charge in [0.15, 0.2) is 0 Å². The third-order valence-corrected chi connectivity index (χ3v) is 3.89. The van der Waals surface area contributed by atoms with Crippen LogP contribution in [0.15, 0.2) is 35.4 Å². The summed E-state index contributed by atoms with van der Waals surface area (Å²) in [6.45, 7) is 1.41. The molecule has 0 unspecified atom stereocenters. The molecule has 1 atom stereocenters. The zero-order chi connectivity index (χ0) is 18.2. The molecular weight excluding hydrogens is 334 g/mol. The summed E-state index contributed by atoms with van der Waals surface area (Å²) in [6, 6.07) is 9.63. The maximum absolute atomic E-state index is 9.33. The van der Waals surface area contributed by atoms with Crippen molar-refractivity contribution in [1.82, 2.24) is 15.0 Å². The second-order valence-electron chi connectivity index (χ2n) is 5.96. The van der Waals surface area contributed by atoms with Gasteiger partial charge in [-0.1, -0.05) is 18.2 Å². The van der Waals surface area contributed by atoms with Crippen LogP contribution in [0.4, 0.5) is 23.5 Å². The Morgan fingerprint density at radius 3 is 2.54 bits per heavy atom. The van der Waals surface area contributed by atoms with Crippen LogP contribution in [-0.4, -0.2) is 57.2 Å². The lowest BCUT2D eigenvalue weighted by Crippen LogP contribution is -2.31. The smallest absolute Gasteiger partial charge is 0.250 e. The number of aliphatic hydroxyl groups is 2. The van der Waals surface area contributed by atoms with E-state index in [-0.39, 0.29) is 5.95 Å². The van der Waals surface area contributed by atoms with Gasteiger partial charge >= 0.3 is 0 Å². The molecule has 2 aromatic rings. The number of hydrogen-bond donors (Lipinski definition) is 4. The minimum Gasteiger partial charge on any atom is -0.393 e. The highest BCUT2D eigenvalue weighted by Crippen LogP contribution is 2.20. The SMILES string of the molecule is OC[C@H](O)C=NNc1nc(Nc2ccccc2)nc(N2CCCCC2)n1. The summed E-state index contributed by atoms with van der Waals surface area (Å²) < 4.78 is 0. The summed E-state index contributed by atoms with van der Waals surface area (Å²) in [5, 5.41) is 25.2. The Morgan fingerprint density at radius 2 is 1.81 bits per heavy atom. The van der Waals surface area contributed by atoms with Crippen molar-refractivity contribution < 1.29 is 10.2 Å². The zero-order valence-electron chi connectivity index (χ0n) is 14.4. The number of rotatable bonds is 7. The molecule has 0 aliphatic carbocycles. The molecule has 9 heteroatoms. The lowest BCUT2D eigenvalue weighted by Gasteiger charge is -2.26. The first-order valence-electron chi connectivity index (χ1n) is 8.66. The predicted octanol–water partition coefficient (Wildman–Crippen LogP) is 1.36. The predicted molar refractivity (Wildman–Crippen MR) is 101 cm³/mol. The third-order valence-electron chi connectivity index (χ3n) is 3.89. The van der Waals surface area contributed by atoms with E-state index >= 15 is 0 Å². The summed E-state index contributed by atoms with van der Waals surface area (Å²) in [5.41, 5.74) is 3.55. The van der Waals surface area contributed by atoms with Gasteiger partial charge in [0.1, 0.15) is 6.10 Å². The van der Waals surface area contributed by atoms with Crippen LogP contribution < -0.4 is 15.6 Å². The van der Waals surface area contributed by atoms with E-state index in [4.69, 9.17) is 5.11 Å². The van der Waals surface area contributed by atoms with Crippen molar-refractivity contribution in [3.8, 4) is 0 Å². The molecule has 1 aliphatic heterocycles. The summed E-state index contributed by atoms with van der Waals surface area (Å²) >= 11 is 0. The van der Waals surface area contributed by atoms with Crippen molar-refractivity contribution >= 4 is 29.7 Å². The fourth-order valence-corrected chi connectivity index (χ4v) is 2.58. The molecule has 9 nitrogen and oxygen atoms in total. The van der Waals surface area contributed by atoms with E-state index in [1.54, 1.807) is 0 Å². The molecule has 0 spiro atoms. The van der Waals surface area contributed by atoms with E-state index in [1.807, 2.05) is 30.3 Å². The minimum absolute atomic E-state index is 0.264. The van der Waals surface area contributed by atoms with E-state index in [0.29, 0.717) is 11.9 Å². The highest BCUT2D eigenvalue weighted by Gasteiger charge is 2.16. The molecule has 4 N–H and O–H groups in total. The van der Waals surface area contributed by atoms with Crippen LogP contribution in [0.2, 0.25) is 0 Å². The number of aromatic nitrogens is 3. The molecule has 3 rings (SSSR count). The van der Waals surface area contributed by atoms with Gasteiger partial charge in [0.05, 0.1) is 12.8 Å². The van der Waals surface area contributed by atoms with Crippen molar-refractivity contribution in [3.05, 3.63) is 30.3 Å². The minimum atomic E-state index is -1.03. The fourth-order valence-electron chi connectivity index (χ4n) is 2.58. The monoisotopic (exact) mass is 357 g/mol. The number of aliphatic hydroxyl groups excluding tert-OH is 2. The molecule has 26 heavy (non-hydrogen) atoms. The van der Waals surface area contributed by atoms with Gasteiger partial charge in [-0.25, -0.2) is 5.43 Å². The van der Waals surface area contributed by atoms with Crippen molar-refractivity contribution in [1.29, 1.82) is 0 Å². The first-order valence-corrected chi connectivity index (χ1v) is 8.66. The molecule has 2 heterocycles. The van der Waals surface area contributed by atoms with Crippen molar-refractivity contribution in [2.24, 2.45) is 5.10 Å². The van der Waals surface area contributed by atoms with Gasteiger partial charge in [0, 0.05) is 18.8 Å². The number of benzene rings is 1. The lowest BCUT2D eigenvalue weighted by atomic mass is 10.1. The maximum Gasteiger partial charge on any atom is 0.250 e. The van der Waals surface area contributed by atoms with E-state index in [0.717, 1.165) is 31.6 Å². The summed E-state index contributed by atoms with van der Waals surface area (Å²) in [7, 11) is 0. The van der Waals surface area contributed by atoms with Gasteiger partial charge in [-0.15, -0.1) is 0 Å². The first-order chi connectivity index (χ1) is 12.7. The number of hydrogen-bond acceptors (Lipinski definition) is 9. The van der Waals surface area contributed by atoms with E-state index in [9.17, 15) is 5.11 Å². The van der Waals surface area contributed by atoms with Gasteiger partial charge in [-0.2, -0.15) is 20.1 Å². The molecule has 1 aliphatic rings. The fraction of sp³-hybridized carbons (Fsp3) is 0.412. The molecule has 138 valence electrons. The summed E-state index contributed by atoms with van der Waals surface area (Å²) in [5.74, 6) is 1.26. The highest BCUT2D eigenvalue weighted by atomic mass is 16.3. The Balaban J connectivity index is 1.82. The number of nitrogens with one attached hydrogen (secondary N) is 2. The Labute approximate surface area is 151 Å². The number of nitrogens with zero attached hydrogens (tertiary/aromatic N) is 5. The first kappa shape index (κ1) is 18.0. The zero-order valence-corrected chi connectivity index (χ0v) is 14.4. The highest BCUT2D eigenvalue weighted by molar-refractivity contribution is 5.64. The third kappa shape index (κ3) is 5.11. The number of para-hydroxylation sites is 1. The average Bonchev–Trinajstić information content (AvgIpc) is 2.69. The molecule has 1 saturated heterocycles. The van der Waals surface area contributed by atoms with Crippen molar-refractivity contribution in [2.75, 3.05) is 35.3 Å². The van der Waals surface area contributed by atoms with Crippen LogP contribution in [0.3, 0.4) is 0 Å². The van der Waals surface area contributed by atoms with Crippen LogP contribution in [0, 0.1) is 0 Å². The van der Waals surface area contributed by atoms with Crippen molar-refractivity contribution in [2.45, 2.75) is 25.4 Å². The standard InChI is InChI=1S/C17H23N7O2/c25-12-14(26)11-18-23-16-20-15(19-13-7-3-1-4-8-13)21-17(22-16)24-9-5-2-6-10-24/h1,3-4,7-8,11,14,25-26H,2,5-6,9-10,12H2,(H2,19,20,21,22,23)/t14-/m1/s1. The van der Waals surface area contributed by atoms with Crippen LogP contribution in [0.5, 0.6) is 0 Å². The molecule has 0 bridgehead atoms. The second kappa shape index (κ2) is 9.07. The summed E-state index contributed by atoms with van der Waals surface area (Å²) in [4.78, 5) is 15.4. The maximum atomic E-state index is 9.33. The second-order valence-corrected chi connectivity index (χ2v) is 5.96. The van der Waals surface area contributed by atoms with E-state index in [2.05, 4.69) is 35.7 Å². The molecule has 1 aromatic heterocycles. The van der Waals surface area contributed by atoms with Gasteiger partial charge in [-0.05, 0) is 31.4 Å². The average molecular weight is 357 g/mol. The molecular formula is C17H23N7O2. The number of hydrazone groups is 1. The summed E-state index contributed by atoms with van der Waals surface area (Å²) in [6.07, 6.45) is 3.58. The van der Waals surface area contributed by atoms with Crippen LogP contribution >= 0.6 is 0 Å². The number of anilines is 4. The molecule has 1 fully saturated rings. The normalized spacial score (nSPS) is 15.8. The Morgan fingerprint density at radius 1 is 1.08 bits per heavy atom. The Hall–Kier alpha value is -2.78. The van der Waals surface area contributed by atoms with Gasteiger partial charge in [-0.3, -0.25) is 0 Å². The molecule has 0 saturated carbocycles. The largest absolute Gasteiger partial charge is 0.393 e. The van der Waals surface area contributed by atoms with Gasteiger partial charge in [0.2, 0.25) is 17.8 Å². The van der Waals surface area contributed by atoms with Crippen LogP contribution in [-0.2, 0) is 0 Å². The Bertz CT molecular complexity index is 720. The van der Waals surface area contributed by atoms with Gasteiger partial charge < -0.3 is 20.4 Å². The van der Waals surface area contributed by atoms with E-state index < -0.39 is 12.7 Å². The quantitative estimate of drug-likeness (QED) is 0.433. The van der Waals surface area contributed by atoms with Crippen molar-refractivity contribution in [3.63, 3.8) is 0 Å². The topological polar surface area (TPSA) is 119 Å². The molecule has 0 radical (unpaired) electrons. The lowest BCUT2D eigenvalue weighted by molar-refractivity contribution is 0.148.